The van der Waals surface area contributed by atoms with Crippen molar-refractivity contribution in [2.45, 2.75) is 19.3 Å². The van der Waals surface area contributed by atoms with Gasteiger partial charge >= 0.3 is 0 Å². The van der Waals surface area contributed by atoms with Gasteiger partial charge < -0.3 is 14.2 Å². The lowest BCUT2D eigenvalue weighted by molar-refractivity contribution is -0.135. The van der Waals surface area contributed by atoms with Crippen molar-refractivity contribution in [2.75, 3.05) is 13.2 Å². The highest BCUT2D eigenvalue weighted by atomic mass is 16.7. The molecule has 5 nitrogen and oxygen atoms in total. The highest BCUT2D eigenvalue weighted by Gasteiger charge is 2.38. The first kappa shape index (κ1) is 14.7. The molecule has 2 aliphatic rings. The molecule has 0 radical (unpaired) electrons. The molecule has 1 fully saturated rings. The fourth-order valence-corrected chi connectivity index (χ4v) is 2.36. The number of hydrogen-bond acceptors (Lipinski definition) is 5. The summed E-state index contributed by atoms with van der Waals surface area (Å²) in [6.07, 6.45) is 2.78. The van der Waals surface area contributed by atoms with Crippen molar-refractivity contribution in [2.24, 2.45) is 0 Å². The zero-order valence-corrected chi connectivity index (χ0v) is 12.2. The number of Topliss-reactive ketones (excluding diaryl/α,β-unsaturated/α-hetero) is 1. The van der Waals surface area contributed by atoms with E-state index < -0.39 is 17.4 Å². The predicted molar refractivity (Wildman–Crippen MR) is 77.7 cm³/mol. The average Bonchev–Trinajstić information content (AvgIpc) is 2.97. The van der Waals surface area contributed by atoms with E-state index in [1.807, 2.05) is 30.3 Å². The smallest absolute Gasteiger partial charge is 0.267 e. The highest BCUT2D eigenvalue weighted by molar-refractivity contribution is 6.47. The molecule has 0 N–H and O–H groups in total. The number of benzene rings is 1. The summed E-state index contributed by atoms with van der Waals surface area (Å²) in [6, 6.07) is 9.43. The van der Waals surface area contributed by atoms with E-state index in [4.69, 9.17) is 14.2 Å². The monoisotopic (exact) mass is 300 g/mol. The summed E-state index contributed by atoms with van der Waals surface area (Å²) >= 11 is 0. The third-order valence-corrected chi connectivity index (χ3v) is 3.62. The summed E-state index contributed by atoms with van der Waals surface area (Å²) in [6.45, 7) is 2.84. The van der Waals surface area contributed by atoms with Crippen LogP contribution in [-0.4, -0.2) is 30.6 Å². The lowest BCUT2D eigenvalue weighted by atomic mass is 9.97. The summed E-state index contributed by atoms with van der Waals surface area (Å²) in [5, 5.41) is 0. The minimum Gasteiger partial charge on any atom is -0.485 e. The molecule has 22 heavy (non-hydrogen) atoms. The first-order valence-electron chi connectivity index (χ1n) is 7.06. The van der Waals surface area contributed by atoms with E-state index in [2.05, 4.69) is 0 Å². The second kappa shape index (κ2) is 5.87. The Hall–Kier alpha value is -2.24. The fraction of sp³-hybridized carbons (Fsp3) is 0.294. The normalized spacial score (nSPS) is 20.6. The molecule has 0 saturated carbocycles. The lowest BCUT2D eigenvalue weighted by Gasteiger charge is -2.25. The number of carbonyl (C=O) groups excluding carboxylic acids is 2. The summed E-state index contributed by atoms with van der Waals surface area (Å²) in [7, 11) is 0. The van der Waals surface area contributed by atoms with Crippen LogP contribution >= 0.6 is 0 Å². The van der Waals surface area contributed by atoms with Gasteiger partial charge in [0.05, 0.1) is 13.2 Å². The summed E-state index contributed by atoms with van der Waals surface area (Å²) in [4.78, 5) is 23.8. The molecule has 0 spiro atoms. The van der Waals surface area contributed by atoms with Crippen LogP contribution in [0.1, 0.15) is 12.5 Å². The minimum atomic E-state index is -1.00. The standard InChI is InChI=1S/C17H16O5/c1-17(21-7-8-22-17)13-9-14(18)16(19)15(10-13)20-11-12-5-3-2-4-6-12/h2-6,9-10H,7-8,11H2,1H3. The fourth-order valence-electron chi connectivity index (χ4n) is 2.36. The first-order valence-corrected chi connectivity index (χ1v) is 7.06. The quantitative estimate of drug-likeness (QED) is 0.628. The maximum absolute atomic E-state index is 11.9. The van der Waals surface area contributed by atoms with Crippen LogP contribution < -0.4 is 0 Å². The van der Waals surface area contributed by atoms with Gasteiger partial charge in [-0.05, 0) is 24.6 Å². The first-order chi connectivity index (χ1) is 10.6. The van der Waals surface area contributed by atoms with Crippen molar-refractivity contribution in [1.29, 1.82) is 0 Å². The Labute approximate surface area is 128 Å². The van der Waals surface area contributed by atoms with Gasteiger partial charge in [-0.2, -0.15) is 0 Å². The Morgan fingerprint density at radius 3 is 2.45 bits per heavy atom. The van der Waals surface area contributed by atoms with E-state index >= 15 is 0 Å². The van der Waals surface area contributed by atoms with Crippen LogP contribution in [0.25, 0.3) is 0 Å². The van der Waals surface area contributed by atoms with Crippen LogP contribution in [0.3, 0.4) is 0 Å². The Morgan fingerprint density at radius 2 is 1.77 bits per heavy atom. The maximum Gasteiger partial charge on any atom is 0.267 e. The zero-order valence-electron chi connectivity index (χ0n) is 12.2. The van der Waals surface area contributed by atoms with Crippen molar-refractivity contribution in [3.63, 3.8) is 0 Å². The highest BCUT2D eigenvalue weighted by Crippen LogP contribution is 2.31. The molecule has 0 atom stereocenters. The predicted octanol–water partition coefficient (Wildman–Crippen LogP) is 1.93. The third kappa shape index (κ3) is 2.86. The molecular formula is C17H16O5. The topological polar surface area (TPSA) is 61.8 Å². The van der Waals surface area contributed by atoms with Gasteiger partial charge in [-0.1, -0.05) is 30.3 Å². The summed E-state index contributed by atoms with van der Waals surface area (Å²) in [5.41, 5.74) is 1.41. The van der Waals surface area contributed by atoms with Crippen molar-refractivity contribution in [3.05, 3.63) is 59.4 Å². The number of allylic oxidation sites excluding steroid dienone is 2. The SMILES string of the molecule is CC1(C2=CC(=O)C(=O)C(OCc3ccccc3)=C2)OCCO1. The molecule has 0 bridgehead atoms. The average molecular weight is 300 g/mol. The van der Waals surface area contributed by atoms with Crippen molar-refractivity contribution >= 4 is 11.6 Å². The van der Waals surface area contributed by atoms with Gasteiger partial charge in [-0.15, -0.1) is 0 Å². The zero-order chi connectivity index (χ0) is 15.6. The minimum absolute atomic E-state index is 0.0201. The van der Waals surface area contributed by atoms with E-state index in [0.29, 0.717) is 18.8 Å². The Morgan fingerprint density at radius 1 is 1.09 bits per heavy atom. The molecule has 1 aromatic rings. The largest absolute Gasteiger partial charge is 0.485 e. The van der Waals surface area contributed by atoms with Crippen molar-refractivity contribution < 1.29 is 23.8 Å². The van der Waals surface area contributed by atoms with Crippen LogP contribution in [0.4, 0.5) is 0 Å². The van der Waals surface area contributed by atoms with Crippen LogP contribution in [0, 0.1) is 0 Å². The van der Waals surface area contributed by atoms with E-state index in [1.54, 1.807) is 6.92 Å². The van der Waals surface area contributed by atoms with Gasteiger partial charge in [0, 0.05) is 5.57 Å². The van der Waals surface area contributed by atoms with E-state index in [1.165, 1.54) is 12.2 Å². The van der Waals surface area contributed by atoms with Gasteiger partial charge in [0.1, 0.15) is 6.61 Å². The molecule has 1 aliphatic carbocycles. The Balaban J connectivity index is 1.79. The molecule has 0 aromatic heterocycles. The van der Waals surface area contributed by atoms with E-state index in [-0.39, 0.29) is 12.4 Å². The molecule has 1 aliphatic heterocycles. The summed E-state index contributed by atoms with van der Waals surface area (Å²) < 4.78 is 16.6. The molecule has 1 heterocycles. The second-order valence-corrected chi connectivity index (χ2v) is 5.22. The van der Waals surface area contributed by atoms with Gasteiger partial charge in [-0.3, -0.25) is 9.59 Å². The van der Waals surface area contributed by atoms with Crippen LogP contribution in [0.15, 0.2) is 53.8 Å². The molecular weight excluding hydrogens is 284 g/mol. The maximum atomic E-state index is 11.9. The molecule has 114 valence electrons. The number of carbonyl (C=O) groups is 2. The van der Waals surface area contributed by atoms with Crippen LogP contribution in [0.2, 0.25) is 0 Å². The molecule has 1 aromatic carbocycles. The summed E-state index contributed by atoms with van der Waals surface area (Å²) in [5.74, 6) is -2.26. The third-order valence-electron chi connectivity index (χ3n) is 3.62. The Kier molecular flexibility index (Phi) is 3.92. The van der Waals surface area contributed by atoms with E-state index in [0.717, 1.165) is 5.56 Å². The molecule has 1 saturated heterocycles. The van der Waals surface area contributed by atoms with Crippen molar-refractivity contribution in [1.82, 2.24) is 0 Å². The number of ketones is 2. The molecule has 5 heteroatoms. The number of ether oxygens (including phenoxy) is 3. The molecule has 3 rings (SSSR count). The van der Waals surface area contributed by atoms with Gasteiger partial charge in [0.25, 0.3) is 5.78 Å². The van der Waals surface area contributed by atoms with Crippen LogP contribution in [-0.2, 0) is 30.4 Å². The Bertz CT molecular complexity index is 651. The van der Waals surface area contributed by atoms with Crippen molar-refractivity contribution in [3.8, 4) is 0 Å². The number of rotatable bonds is 4. The lowest BCUT2D eigenvalue weighted by Crippen LogP contribution is -2.32. The second-order valence-electron chi connectivity index (χ2n) is 5.22. The number of hydrogen-bond donors (Lipinski definition) is 0. The van der Waals surface area contributed by atoms with E-state index in [9.17, 15) is 9.59 Å². The van der Waals surface area contributed by atoms with Gasteiger partial charge in [-0.25, -0.2) is 0 Å². The molecule has 0 unspecified atom stereocenters. The van der Waals surface area contributed by atoms with Gasteiger partial charge in [0.15, 0.2) is 11.5 Å². The molecule has 0 amide bonds. The van der Waals surface area contributed by atoms with Gasteiger partial charge in [0.2, 0.25) is 5.78 Å². The van der Waals surface area contributed by atoms with Crippen LogP contribution in [0.5, 0.6) is 0 Å².